The number of alkyl halides is 6. The summed E-state index contributed by atoms with van der Waals surface area (Å²) in [4.78, 5) is 0. The van der Waals surface area contributed by atoms with Crippen LogP contribution in [-0.2, 0) is 21.8 Å². The van der Waals surface area contributed by atoms with Gasteiger partial charge in [-0.1, -0.05) is 0 Å². The maximum absolute atomic E-state index is 12.8. The number of benzene rings is 1. The third kappa shape index (κ3) is 4.84. The molecule has 3 atom stereocenters. The van der Waals surface area contributed by atoms with E-state index in [1.165, 1.54) is 6.92 Å². The summed E-state index contributed by atoms with van der Waals surface area (Å²) < 4.78 is 87.6. The quantitative estimate of drug-likeness (QED) is 0.819. The van der Waals surface area contributed by atoms with Crippen molar-refractivity contribution in [2.24, 2.45) is 0 Å². The van der Waals surface area contributed by atoms with Crippen LogP contribution in [0.1, 0.15) is 42.6 Å². The van der Waals surface area contributed by atoms with Crippen LogP contribution in [0, 0.1) is 0 Å². The number of hydrogen-bond acceptors (Lipinski definition) is 3. The van der Waals surface area contributed by atoms with Gasteiger partial charge in [-0.2, -0.15) is 26.3 Å². The van der Waals surface area contributed by atoms with Gasteiger partial charge in [0.15, 0.2) is 6.29 Å². The number of aliphatic hydroxyl groups excluding tert-OH is 1. The van der Waals surface area contributed by atoms with E-state index < -0.39 is 42.0 Å². The van der Waals surface area contributed by atoms with Crippen molar-refractivity contribution in [1.82, 2.24) is 0 Å². The second-order valence-corrected chi connectivity index (χ2v) is 5.60. The standard InChI is InChI=1S/C15H16F6O3/c1-8(24-13-7-12(22)2-3-23-13)9-4-10(14(16,17)18)6-11(5-9)15(19,20)21/h4-6,8,12-13,22H,2-3,7H2,1H3/t8?,12?,13-/m0/s1. The second kappa shape index (κ2) is 6.89. The number of ether oxygens (including phenoxy) is 2. The van der Waals surface area contributed by atoms with Crippen LogP contribution in [0.2, 0.25) is 0 Å². The van der Waals surface area contributed by atoms with Gasteiger partial charge in [0.1, 0.15) is 0 Å². The van der Waals surface area contributed by atoms with Crippen molar-refractivity contribution in [2.45, 2.75) is 50.6 Å². The van der Waals surface area contributed by atoms with E-state index in [1.807, 2.05) is 0 Å². The Kier molecular flexibility index (Phi) is 5.46. The van der Waals surface area contributed by atoms with Crippen LogP contribution in [0.15, 0.2) is 18.2 Å². The number of aliphatic hydroxyl groups is 1. The molecule has 1 aromatic rings. The van der Waals surface area contributed by atoms with Crippen molar-refractivity contribution < 1.29 is 40.9 Å². The van der Waals surface area contributed by atoms with Crippen molar-refractivity contribution >= 4 is 0 Å². The van der Waals surface area contributed by atoms with Crippen LogP contribution in [0.5, 0.6) is 0 Å². The molecule has 0 radical (unpaired) electrons. The third-order valence-electron chi connectivity index (χ3n) is 3.65. The summed E-state index contributed by atoms with van der Waals surface area (Å²) in [6, 6.07) is 1.31. The van der Waals surface area contributed by atoms with Crippen LogP contribution >= 0.6 is 0 Å². The zero-order chi connectivity index (χ0) is 18.1. The highest BCUT2D eigenvalue weighted by atomic mass is 19.4. The summed E-state index contributed by atoms with van der Waals surface area (Å²) in [5.74, 6) is 0. The molecule has 1 N–H and O–H groups in total. The predicted octanol–water partition coefficient (Wildman–Crippen LogP) is 4.30. The van der Waals surface area contributed by atoms with E-state index >= 15 is 0 Å². The first-order valence-corrected chi connectivity index (χ1v) is 7.21. The number of halogens is 6. The lowest BCUT2D eigenvalue weighted by atomic mass is 10.0. The Morgan fingerprint density at radius 3 is 2.08 bits per heavy atom. The molecule has 1 aromatic carbocycles. The molecule has 0 amide bonds. The van der Waals surface area contributed by atoms with Crippen LogP contribution in [-0.4, -0.2) is 24.1 Å². The Morgan fingerprint density at radius 2 is 1.62 bits per heavy atom. The molecule has 2 rings (SSSR count). The third-order valence-corrected chi connectivity index (χ3v) is 3.65. The lowest BCUT2D eigenvalue weighted by molar-refractivity contribution is -0.205. The van der Waals surface area contributed by atoms with Gasteiger partial charge >= 0.3 is 12.4 Å². The summed E-state index contributed by atoms with van der Waals surface area (Å²) in [5, 5.41) is 9.51. The fraction of sp³-hybridized carbons (Fsp3) is 0.600. The van der Waals surface area contributed by atoms with E-state index in [9.17, 15) is 31.4 Å². The lowest BCUT2D eigenvalue weighted by Crippen LogP contribution is -2.31. The Hall–Kier alpha value is -1.32. The maximum atomic E-state index is 12.8. The predicted molar refractivity (Wildman–Crippen MR) is 70.9 cm³/mol. The molecule has 3 nitrogen and oxygen atoms in total. The minimum absolute atomic E-state index is 0.0666. The van der Waals surface area contributed by atoms with Crippen molar-refractivity contribution in [3.8, 4) is 0 Å². The molecule has 24 heavy (non-hydrogen) atoms. The van der Waals surface area contributed by atoms with Crippen LogP contribution in [0.4, 0.5) is 26.3 Å². The number of rotatable bonds is 3. The molecule has 1 fully saturated rings. The topological polar surface area (TPSA) is 38.7 Å². The van der Waals surface area contributed by atoms with Crippen molar-refractivity contribution in [1.29, 1.82) is 0 Å². The van der Waals surface area contributed by atoms with E-state index in [4.69, 9.17) is 9.47 Å². The summed E-state index contributed by atoms with van der Waals surface area (Å²) in [7, 11) is 0. The highest BCUT2D eigenvalue weighted by molar-refractivity contribution is 5.34. The SMILES string of the molecule is CC(O[C@H]1CC(O)CCO1)c1cc(C(F)(F)F)cc(C(F)(F)F)c1. The molecule has 1 saturated heterocycles. The van der Waals surface area contributed by atoms with E-state index in [0.29, 0.717) is 18.6 Å². The zero-order valence-electron chi connectivity index (χ0n) is 12.6. The van der Waals surface area contributed by atoms with Crippen molar-refractivity contribution in [3.63, 3.8) is 0 Å². The van der Waals surface area contributed by atoms with E-state index in [2.05, 4.69) is 0 Å². The van der Waals surface area contributed by atoms with Gasteiger partial charge < -0.3 is 14.6 Å². The maximum Gasteiger partial charge on any atom is 0.416 e. The summed E-state index contributed by atoms with van der Waals surface area (Å²) >= 11 is 0. The van der Waals surface area contributed by atoms with Gasteiger partial charge in [-0.05, 0) is 37.1 Å². The molecule has 1 aliphatic heterocycles. The average molecular weight is 358 g/mol. The molecule has 0 saturated carbocycles. The highest BCUT2D eigenvalue weighted by Crippen LogP contribution is 2.38. The molecule has 9 heteroatoms. The molecule has 0 aromatic heterocycles. The normalized spacial score (nSPS) is 24.0. The summed E-state index contributed by atoms with van der Waals surface area (Å²) in [6.07, 6.45) is -11.9. The fourth-order valence-electron chi connectivity index (χ4n) is 2.36. The molecule has 1 aliphatic rings. The summed E-state index contributed by atoms with van der Waals surface area (Å²) in [6.45, 7) is 1.54. The Balaban J connectivity index is 2.27. The smallest absolute Gasteiger partial charge is 0.393 e. The molecule has 0 aliphatic carbocycles. The van der Waals surface area contributed by atoms with Crippen LogP contribution in [0.3, 0.4) is 0 Å². The highest BCUT2D eigenvalue weighted by Gasteiger charge is 2.37. The first-order valence-electron chi connectivity index (χ1n) is 7.21. The zero-order valence-corrected chi connectivity index (χ0v) is 12.6. The molecule has 1 heterocycles. The minimum Gasteiger partial charge on any atom is -0.393 e. The van der Waals surface area contributed by atoms with Gasteiger partial charge in [0.25, 0.3) is 0 Å². The van der Waals surface area contributed by atoms with Gasteiger partial charge in [0.05, 0.1) is 29.9 Å². The molecule has 136 valence electrons. The van der Waals surface area contributed by atoms with E-state index in [0.717, 1.165) is 0 Å². The fourth-order valence-corrected chi connectivity index (χ4v) is 2.36. The first-order chi connectivity index (χ1) is 11.0. The average Bonchev–Trinajstić information content (AvgIpc) is 2.45. The molecular formula is C15H16F6O3. The largest absolute Gasteiger partial charge is 0.416 e. The van der Waals surface area contributed by atoms with Gasteiger partial charge in [-0.25, -0.2) is 0 Å². The van der Waals surface area contributed by atoms with Gasteiger partial charge in [0.2, 0.25) is 0 Å². The molecule has 2 unspecified atom stereocenters. The molecule has 0 bridgehead atoms. The Labute approximate surface area is 134 Å². The Morgan fingerprint density at radius 1 is 1.08 bits per heavy atom. The Bertz CT molecular complexity index is 537. The first kappa shape index (κ1) is 19.0. The molecule has 0 spiro atoms. The van der Waals surface area contributed by atoms with E-state index in [-0.39, 0.29) is 24.7 Å². The molecular weight excluding hydrogens is 342 g/mol. The minimum atomic E-state index is -4.91. The van der Waals surface area contributed by atoms with Gasteiger partial charge in [0, 0.05) is 6.42 Å². The van der Waals surface area contributed by atoms with E-state index in [1.54, 1.807) is 0 Å². The summed E-state index contributed by atoms with van der Waals surface area (Å²) in [5.41, 5.74) is -3.06. The van der Waals surface area contributed by atoms with Crippen LogP contribution in [0.25, 0.3) is 0 Å². The van der Waals surface area contributed by atoms with Gasteiger partial charge in [-0.3, -0.25) is 0 Å². The second-order valence-electron chi connectivity index (χ2n) is 5.60. The number of hydrogen-bond donors (Lipinski definition) is 1. The van der Waals surface area contributed by atoms with Crippen LogP contribution < -0.4 is 0 Å². The van der Waals surface area contributed by atoms with Gasteiger partial charge in [-0.15, -0.1) is 0 Å². The monoisotopic (exact) mass is 358 g/mol. The van der Waals surface area contributed by atoms with Crippen molar-refractivity contribution in [2.75, 3.05) is 6.61 Å². The lowest BCUT2D eigenvalue weighted by Gasteiger charge is -2.29. The van der Waals surface area contributed by atoms with Crippen molar-refractivity contribution in [3.05, 3.63) is 34.9 Å².